The summed E-state index contributed by atoms with van der Waals surface area (Å²) in [5.74, 6) is -1.53. The molecule has 0 aliphatic carbocycles. The first-order valence-corrected chi connectivity index (χ1v) is 11.6. The van der Waals surface area contributed by atoms with Crippen molar-refractivity contribution in [2.45, 2.75) is 29.7 Å². The van der Waals surface area contributed by atoms with Crippen molar-refractivity contribution in [3.8, 4) is 6.07 Å². The summed E-state index contributed by atoms with van der Waals surface area (Å²) in [6.07, 6.45) is 0.940. The molecule has 0 spiro atoms. The molecule has 9 heteroatoms. The molecule has 2 heterocycles. The molecular formula is C20H16ClN3O3S2. The van der Waals surface area contributed by atoms with Crippen LogP contribution in [0.1, 0.15) is 23.8 Å². The van der Waals surface area contributed by atoms with Crippen LogP contribution in [0.5, 0.6) is 0 Å². The zero-order chi connectivity index (χ0) is 20.6. The maximum atomic E-state index is 13.2. The van der Waals surface area contributed by atoms with Crippen LogP contribution in [0.3, 0.4) is 0 Å². The van der Waals surface area contributed by atoms with Crippen molar-refractivity contribution in [1.82, 2.24) is 9.29 Å². The van der Waals surface area contributed by atoms with Gasteiger partial charge in [0, 0.05) is 11.6 Å². The molecule has 1 saturated heterocycles. The van der Waals surface area contributed by atoms with E-state index in [9.17, 15) is 18.5 Å². The number of ketones is 1. The number of halogens is 1. The molecule has 6 nitrogen and oxygen atoms in total. The Morgan fingerprint density at radius 1 is 1.24 bits per heavy atom. The average molecular weight is 446 g/mol. The Morgan fingerprint density at radius 2 is 1.97 bits per heavy atom. The molecule has 0 amide bonds. The van der Waals surface area contributed by atoms with Gasteiger partial charge in [-0.05, 0) is 49.2 Å². The lowest BCUT2D eigenvalue weighted by Gasteiger charge is -2.24. The van der Waals surface area contributed by atoms with Gasteiger partial charge in [-0.3, -0.25) is 4.79 Å². The molecule has 2 atom stereocenters. The highest BCUT2D eigenvalue weighted by atomic mass is 35.5. The molecule has 1 aliphatic rings. The Balaban J connectivity index is 1.66. The number of nitrogens with zero attached hydrogens (tertiary/aromatic N) is 3. The van der Waals surface area contributed by atoms with Crippen LogP contribution in [-0.2, 0) is 14.8 Å². The predicted octanol–water partition coefficient (Wildman–Crippen LogP) is 3.98. The Hall–Kier alpha value is -2.31. The monoisotopic (exact) mass is 445 g/mol. The molecule has 4 rings (SSSR count). The average Bonchev–Trinajstić information content (AvgIpc) is 3.36. The van der Waals surface area contributed by atoms with E-state index in [1.54, 1.807) is 0 Å². The second-order valence-electron chi connectivity index (χ2n) is 6.71. The summed E-state index contributed by atoms with van der Waals surface area (Å²) in [5, 5.41) is 10.5. The fraction of sp³-hybridized carbons (Fsp3) is 0.250. The Bertz CT molecular complexity index is 1180. The molecular weight excluding hydrogens is 430 g/mol. The van der Waals surface area contributed by atoms with Crippen molar-refractivity contribution >= 4 is 49.0 Å². The summed E-state index contributed by atoms with van der Waals surface area (Å²) in [5.41, 5.74) is 0.720. The second kappa shape index (κ2) is 7.84. The lowest BCUT2D eigenvalue weighted by Crippen LogP contribution is -2.42. The molecule has 3 aromatic rings. The number of aromatic nitrogens is 1. The minimum absolute atomic E-state index is 0.0788. The van der Waals surface area contributed by atoms with Gasteiger partial charge in [-0.2, -0.15) is 9.57 Å². The molecule has 0 N–H and O–H groups in total. The predicted molar refractivity (Wildman–Crippen MR) is 111 cm³/mol. The van der Waals surface area contributed by atoms with Crippen LogP contribution in [0.25, 0.3) is 10.2 Å². The fourth-order valence-corrected chi connectivity index (χ4v) is 6.31. The minimum Gasteiger partial charge on any atom is -0.296 e. The van der Waals surface area contributed by atoms with E-state index in [4.69, 9.17) is 11.6 Å². The van der Waals surface area contributed by atoms with Crippen LogP contribution in [0.2, 0.25) is 5.02 Å². The van der Waals surface area contributed by atoms with Gasteiger partial charge in [0.1, 0.15) is 5.01 Å². The molecule has 1 aromatic heterocycles. The zero-order valence-electron chi connectivity index (χ0n) is 15.2. The van der Waals surface area contributed by atoms with Crippen molar-refractivity contribution in [1.29, 1.82) is 5.26 Å². The lowest BCUT2D eigenvalue weighted by atomic mass is 9.99. The third-order valence-electron chi connectivity index (χ3n) is 4.92. The van der Waals surface area contributed by atoms with E-state index in [0.29, 0.717) is 22.9 Å². The summed E-state index contributed by atoms with van der Waals surface area (Å²) < 4.78 is 28.3. The molecule has 2 aromatic carbocycles. The van der Waals surface area contributed by atoms with Gasteiger partial charge in [-0.25, -0.2) is 13.4 Å². The van der Waals surface area contributed by atoms with Crippen LogP contribution in [0, 0.1) is 11.3 Å². The largest absolute Gasteiger partial charge is 0.296 e. The molecule has 0 unspecified atom stereocenters. The number of carbonyl (C=O) groups is 1. The third kappa shape index (κ3) is 3.67. The molecule has 1 aliphatic heterocycles. The zero-order valence-corrected chi connectivity index (χ0v) is 17.5. The molecule has 0 bridgehead atoms. The highest BCUT2D eigenvalue weighted by Gasteiger charge is 2.42. The number of benzene rings is 2. The smallest absolute Gasteiger partial charge is 0.243 e. The summed E-state index contributed by atoms with van der Waals surface area (Å²) in [6, 6.07) is 14.4. The number of sulfonamides is 1. The maximum Gasteiger partial charge on any atom is 0.243 e. The first kappa shape index (κ1) is 20.0. The highest BCUT2D eigenvalue weighted by molar-refractivity contribution is 7.89. The number of fused-ring (bicyclic) bond motifs is 1. The van der Waals surface area contributed by atoms with Crippen molar-refractivity contribution in [3.63, 3.8) is 0 Å². The first-order chi connectivity index (χ1) is 13.9. The van der Waals surface area contributed by atoms with Gasteiger partial charge in [0.05, 0.1) is 27.2 Å². The number of carbonyl (C=O) groups excluding carboxylic acids is 1. The number of hydrogen-bond acceptors (Lipinski definition) is 6. The van der Waals surface area contributed by atoms with Gasteiger partial charge in [-0.1, -0.05) is 23.7 Å². The summed E-state index contributed by atoms with van der Waals surface area (Å²) in [6.45, 7) is 0.235. The van der Waals surface area contributed by atoms with E-state index in [0.717, 1.165) is 10.2 Å². The number of Topliss-reactive ketones (excluding diaryl/α,β-unsaturated/α-hetero) is 1. The molecule has 0 radical (unpaired) electrons. The number of thiazole rings is 1. The van der Waals surface area contributed by atoms with Crippen LogP contribution in [0.15, 0.2) is 53.4 Å². The van der Waals surface area contributed by atoms with Crippen molar-refractivity contribution < 1.29 is 13.2 Å². The number of hydrogen-bond donors (Lipinski definition) is 0. The van der Waals surface area contributed by atoms with Crippen molar-refractivity contribution in [2.24, 2.45) is 0 Å². The standard InChI is InChI=1S/C20H16ClN3O3S2/c21-13-7-9-14(10-8-13)29(26,27)24-11-3-5-17(24)19(25)15(12-22)20-23-16-4-1-2-6-18(16)28-20/h1-2,4,6-10,15,17H,3,5,11H2/t15-,17-/m1/s1. The summed E-state index contributed by atoms with van der Waals surface area (Å²) in [7, 11) is -3.87. The summed E-state index contributed by atoms with van der Waals surface area (Å²) >= 11 is 7.14. The molecule has 1 fully saturated rings. The Labute approximate surface area is 177 Å². The van der Waals surface area contributed by atoms with Crippen molar-refractivity contribution in [3.05, 3.63) is 58.6 Å². The molecule has 0 saturated carbocycles. The van der Waals surface area contributed by atoms with Crippen LogP contribution < -0.4 is 0 Å². The van der Waals surface area contributed by atoms with E-state index in [1.165, 1.54) is 39.9 Å². The van der Waals surface area contributed by atoms with E-state index >= 15 is 0 Å². The van der Waals surface area contributed by atoms with E-state index < -0.39 is 27.8 Å². The topological polar surface area (TPSA) is 91.1 Å². The highest BCUT2D eigenvalue weighted by Crippen LogP contribution is 2.33. The molecule has 148 valence electrons. The molecule has 29 heavy (non-hydrogen) atoms. The fourth-order valence-electron chi connectivity index (χ4n) is 3.50. The van der Waals surface area contributed by atoms with Gasteiger partial charge in [0.15, 0.2) is 11.7 Å². The number of nitriles is 1. The number of para-hydroxylation sites is 1. The van der Waals surface area contributed by atoms with Crippen LogP contribution in [-0.4, -0.2) is 36.1 Å². The van der Waals surface area contributed by atoms with Crippen LogP contribution >= 0.6 is 22.9 Å². The van der Waals surface area contributed by atoms with E-state index in [2.05, 4.69) is 4.98 Å². The second-order valence-corrected chi connectivity index (χ2v) is 10.1. The van der Waals surface area contributed by atoms with E-state index in [1.807, 2.05) is 30.3 Å². The van der Waals surface area contributed by atoms with Gasteiger partial charge in [-0.15, -0.1) is 11.3 Å². The normalized spacial score (nSPS) is 18.6. The van der Waals surface area contributed by atoms with Gasteiger partial charge >= 0.3 is 0 Å². The van der Waals surface area contributed by atoms with E-state index in [-0.39, 0.29) is 11.4 Å². The van der Waals surface area contributed by atoms with Crippen molar-refractivity contribution in [2.75, 3.05) is 6.54 Å². The number of rotatable bonds is 5. The lowest BCUT2D eigenvalue weighted by molar-refractivity contribution is -0.122. The first-order valence-electron chi connectivity index (χ1n) is 8.98. The SMILES string of the molecule is N#C[C@H](C(=O)[C@H]1CCCN1S(=O)(=O)c1ccc(Cl)cc1)c1nc2ccccc2s1. The van der Waals surface area contributed by atoms with Gasteiger partial charge < -0.3 is 0 Å². The van der Waals surface area contributed by atoms with Gasteiger partial charge in [0.25, 0.3) is 0 Å². The minimum atomic E-state index is -3.87. The Morgan fingerprint density at radius 3 is 2.66 bits per heavy atom. The maximum absolute atomic E-state index is 13.2. The summed E-state index contributed by atoms with van der Waals surface area (Å²) in [4.78, 5) is 17.7. The van der Waals surface area contributed by atoms with Gasteiger partial charge in [0.2, 0.25) is 10.0 Å². The quantitative estimate of drug-likeness (QED) is 0.592. The van der Waals surface area contributed by atoms with Crippen LogP contribution in [0.4, 0.5) is 0 Å². The Kier molecular flexibility index (Phi) is 5.40. The third-order valence-corrected chi connectivity index (χ3v) is 8.20.